The van der Waals surface area contributed by atoms with Gasteiger partial charge in [-0.05, 0) is 90.4 Å². The molecule has 0 unspecified atom stereocenters. The van der Waals surface area contributed by atoms with Crippen LogP contribution in [0.5, 0.6) is 0 Å². The minimum Gasteiger partial charge on any atom is -0.246 e. The minimum atomic E-state index is -2.54. The molecule has 4 aromatic carbocycles. The van der Waals surface area contributed by atoms with Crippen LogP contribution in [0.1, 0.15) is 0 Å². The third-order valence-electron chi connectivity index (χ3n) is 11.4. The molecule has 0 atom stereocenters. The molecule has 2 aliphatic heterocycles. The summed E-state index contributed by atoms with van der Waals surface area (Å²) in [6.45, 7) is 0. The molecule has 0 saturated heterocycles. The maximum absolute atomic E-state index is 5.53. The van der Waals surface area contributed by atoms with Gasteiger partial charge in [-0.25, -0.2) is 4.98 Å². The number of thiophene rings is 4. The Kier molecular flexibility index (Phi) is 8.67. The largest absolute Gasteiger partial charge is 0.246 e. The molecule has 0 bridgehead atoms. The van der Waals surface area contributed by atoms with Crippen LogP contribution in [0.15, 0.2) is 172 Å². The first-order valence-electron chi connectivity index (χ1n) is 18.5. The van der Waals surface area contributed by atoms with E-state index in [1.165, 1.54) is 79.2 Å². The van der Waals surface area contributed by atoms with Crippen molar-refractivity contribution < 1.29 is 0 Å². The van der Waals surface area contributed by atoms with E-state index in [1.54, 1.807) is 0 Å². The lowest BCUT2D eigenvalue weighted by Crippen LogP contribution is -2.72. The Labute approximate surface area is 353 Å². The van der Waals surface area contributed by atoms with E-state index in [-0.39, 0.29) is 0 Å². The fraction of sp³-hybridized carbons (Fsp3) is 0.0426. The van der Waals surface area contributed by atoms with Crippen LogP contribution in [-0.2, 0) is 0 Å². The number of fused-ring (bicyclic) bond motifs is 6. The van der Waals surface area contributed by atoms with Crippen molar-refractivity contribution in [3.05, 3.63) is 164 Å². The van der Waals surface area contributed by atoms with E-state index < -0.39 is 16.1 Å². The highest BCUT2D eigenvalue weighted by molar-refractivity contribution is 8.00. The quantitative estimate of drug-likeness (QED) is 0.112. The third-order valence-corrected chi connectivity index (χ3v) is 28.8. The molecule has 0 N–H and O–H groups in total. The molecule has 7 heterocycles. The zero-order chi connectivity index (χ0) is 37.4. The maximum atomic E-state index is 5.53. The molecule has 9 heteroatoms. The number of aromatic nitrogens is 1. The van der Waals surface area contributed by atoms with Gasteiger partial charge in [-0.3, -0.25) is 0 Å². The van der Waals surface area contributed by atoms with Gasteiger partial charge >= 0.3 is 0 Å². The summed E-state index contributed by atoms with van der Waals surface area (Å²) < 4.78 is 2.77. The molecular formula is C47H33NS6Si2. The number of benzene rings is 4. The SMILES string of the molecule is CSc1cc2c(s1)-c1sc(-c3cccc(-c4cc5c(s4)-c4sc(SC)cc4[Si]5(c4ccccc4)c4ccccc4)n3)cc1[Si]2(c1ccccc1)c1ccccc1. The number of rotatable bonds is 8. The van der Waals surface area contributed by atoms with Crippen molar-refractivity contribution in [1.82, 2.24) is 4.98 Å². The molecule has 1 nitrogen and oxygen atoms in total. The van der Waals surface area contributed by atoms with Crippen molar-refractivity contribution in [3.63, 3.8) is 0 Å². The summed E-state index contributed by atoms with van der Waals surface area (Å²) in [6.07, 6.45) is 4.41. The highest BCUT2D eigenvalue weighted by Crippen LogP contribution is 2.46. The Bertz CT molecular complexity index is 2620. The highest BCUT2D eigenvalue weighted by atomic mass is 32.2. The first-order chi connectivity index (χ1) is 27.6. The fourth-order valence-electron chi connectivity index (χ4n) is 9.09. The second kappa shape index (κ2) is 13.8. The lowest BCUT2D eigenvalue weighted by molar-refractivity contribution is 1.35. The monoisotopic (exact) mass is 859 g/mol. The van der Waals surface area contributed by atoms with Crippen LogP contribution >= 0.6 is 68.9 Å². The van der Waals surface area contributed by atoms with E-state index >= 15 is 0 Å². The first-order valence-corrected chi connectivity index (χ1v) is 28.2. The van der Waals surface area contributed by atoms with Gasteiger partial charge in [-0.2, -0.15) is 0 Å². The smallest absolute Gasteiger partial charge is 0.182 e. The summed E-state index contributed by atoms with van der Waals surface area (Å²) in [6, 6.07) is 62.0. The van der Waals surface area contributed by atoms with E-state index in [0.717, 1.165) is 11.4 Å². The van der Waals surface area contributed by atoms with E-state index in [4.69, 9.17) is 4.98 Å². The standard InChI is InChI=1S/C47H33NS6Si2/c1-49-42-28-40-46(53-42)44-38(55(40,30-16-7-3-8-17-30)31-18-9-4-10-19-31)26-36(51-44)34-24-15-25-35(48-34)37-27-39-45(52-37)47-41(29-43(50-2)54-47)56(39,32-20-11-5-12-21-32)33-22-13-6-14-23-33/h3-29H,1-2H3. The zero-order valence-electron chi connectivity index (χ0n) is 30.5. The van der Waals surface area contributed by atoms with Gasteiger partial charge in [0.15, 0.2) is 16.1 Å². The van der Waals surface area contributed by atoms with Crippen LogP contribution in [0.2, 0.25) is 0 Å². The summed E-state index contributed by atoms with van der Waals surface area (Å²) in [5.41, 5.74) is 2.11. The second-order valence-electron chi connectivity index (χ2n) is 14.1. The van der Waals surface area contributed by atoms with Crippen LogP contribution in [-0.4, -0.2) is 33.6 Å². The predicted molar refractivity (Wildman–Crippen MR) is 255 cm³/mol. The molecule has 0 amide bonds. The number of nitrogens with zero attached hydrogens (tertiary/aromatic N) is 1. The van der Waals surface area contributed by atoms with E-state index in [1.807, 2.05) is 68.9 Å². The van der Waals surface area contributed by atoms with Crippen molar-refractivity contribution in [1.29, 1.82) is 0 Å². The van der Waals surface area contributed by atoms with Crippen molar-refractivity contribution >= 4 is 127 Å². The van der Waals surface area contributed by atoms with Gasteiger partial charge in [0.25, 0.3) is 0 Å². The summed E-state index contributed by atoms with van der Waals surface area (Å²) >= 11 is 11.5. The molecule has 0 saturated carbocycles. The molecule has 9 aromatic rings. The fourth-order valence-corrected chi connectivity index (χ4v) is 28.0. The summed E-state index contributed by atoms with van der Waals surface area (Å²) in [5.74, 6) is 0. The van der Waals surface area contributed by atoms with Crippen LogP contribution < -0.4 is 41.5 Å². The maximum Gasteiger partial charge on any atom is 0.182 e. The van der Waals surface area contributed by atoms with Crippen LogP contribution in [0.25, 0.3) is 40.7 Å². The van der Waals surface area contributed by atoms with Crippen LogP contribution in [0.4, 0.5) is 0 Å². The van der Waals surface area contributed by atoms with Crippen molar-refractivity contribution in [2.45, 2.75) is 8.42 Å². The average molecular weight is 860 g/mol. The van der Waals surface area contributed by atoms with Gasteiger partial charge in [-0.15, -0.1) is 68.9 Å². The van der Waals surface area contributed by atoms with Crippen molar-refractivity contribution in [2.75, 3.05) is 12.5 Å². The molecule has 2 aliphatic rings. The molecule has 5 aromatic heterocycles. The second-order valence-corrected chi connectivity index (χ2v) is 28.0. The number of hydrogen-bond acceptors (Lipinski definition) is 7. The van der Waals surface area contributed by atoms with E-state index in [9.17, 15) is 0 Å². The summed E-state index contributed by atoms with van der Waals surface area (Å²) in [5, 5.41) is 11.8. The lowest BCUT2D eigenvalue weighted by atomic mass is 10.2. The summed E-state index contributed by atoms with van der Waals surface area (Å²) in [4.78, 5) is 13.8. The molecular weight excluding hydrogens is 827 g/mol. The van der Waals surface area contributed by atoms with Gasteiger partial charge in [-0.1, -0.05) is 127 Å². The Morgan fingerprint density at radius 2 is 0.696 bits per heavy atom. The van der Waals surface area contributed by atoms with Gasteiger partial charge in [0.2, 0.25) is 0 Å². The molecule has 0 spiro atoms. The number of thioether (sulfide) groups is 2. The lowest BCUT2D eigenvalue weighted by Gasteiger charge is -2.30. The normalized spacial score (nSPS) is 14.3. The van der Waals surface area contributed by atoms with Gasteiger partial charge < -0.3 is 0 Å². The van der Waals surface area contributed by atoms with Crippen LogP contribution in [0.3, 0.4) is 0 Å². The number of hydrogen-bond donors (Lipinski definition) is 0. The third kappa shape index (κ3) is 5.05. The van der Waals surface area contributed by atoms with Crippen molar-refractivity contribution in [2.24, 2.45) is 0 Å². The average Bonchev–Trinajstić information content (AvgIpc) is 4.12. The highest BCUT2D eigenvalue weighted by Gasteiger charge is 2.52. The Morgan fingerprint density at radius 1 is 0.375 bits per heavy atom. The van der Waals surface area contributed by atoms with E-state index in [0.29, 0.717) is 0 Å². The van der Waals surface area contributed by atoms with Crippen LogP contribution in [0, 0.1) is 0 Å². The molecule has 0 radical (unpaired) electrons. The topological polar surface area (TPSA) is 12.9 Å². The Morgan fingerprint density at radius 3 is 1.04 bits per heavy atom. The van der Waals surface area contributed by atoms with E-state index in [2.05, 4.69) is 176 Å². The number of pyridine rings is 1. The van der Waals surface area contributed by atoms with Gasteiger partial charge in [0.1, 0.15) is 0 Å². The molecule has 56 heavy (non-hydrogen) atoms. The molecule has 0 fully saturated rings. The Balaban J connectivity index is 1.09. The van der Waals surface area contributed by atoms with Crippen molar-refractivity contribution in [3.8, 4) is 40.7 Å². The minimum absolute atomic E-state index is 1.05. The van der Waals surface area contributed by atoms with Gasteiger partial charge in [0, 0.05) is 19.5 Å². The summed E-state index contributed by atoms with van der Waals surface area (Å²) in [7, 11) is -5.08. The molecule has 270 valence electrons. The molecule has 11 rings (SSSR count). The predicted octanol–water partition coefficient (Wildman–Crippen LogP) is 8.82. The molecule has 0 aliphatic carbocycles. The Hall–Kier alpha value is -4.04. The first kappa shape index (κ1) is 35.2. The van der Waals surface area contributed by atoms with Gasteiger partial charge in [0.05, 0.1) is 29.6 Å². The zero-order valence-corrected chi connectivity index (χ0v) is 37.4.